The summed E-state index contributed by atoms with van der Waals surface area (Å²) in [5.41, 5.74) is 6.05. The van der Waals surface area contributed by atoms with Crippen LogP contribution in [0.4, 0.5) is 0 Å². The van der Waals surface area contributed by atoms with Gasteiger partial charge in [-0.1, -0.05) is 48.5 Å². The second-order valence-electron chi connectivity index (χ2n) is 4.21. The molecule has 0 saturated heterocycles. The minimum Gasteiger partial charge on any atom is -0.400 e. The highest BCUT2D eigenvalue weighted by Gasteiger charge is 2.11. The molecular formula is C17H22O2. The van der Waals surface area contributed by atoms with Gasteiger partial charge >= 0.3 is 0 Å². The molecule has 0 amide bonds. The summed E-state index contributed by atoms with van der Waals surface area (Å²) in [6.07, 6.45) is 3.48. The van der Waals surface area contributed by atoms with Crippen molar-refractivity contribution in [2.75, 3.05) is 14.2 Å². The summed E-state index contributed by atoms with van der Waals surface area (Å²) in [4.78, 5) is 0. The molecular weight excluding hydrogens is 236 g/mol. The van der Waals surface area contributed by atoms with Gasteiger partial charge in [0.15, 0.2) is 0 Å². The van der Waals surface area contributed by atoms with E-state index in [1.165, 1.54) is 35.1 Å². The summed E-state index contributed by atoms with van der Waals surface area (Å²) in [6, 6.07) is 17.6. The number of aliphatic hydroxyl groups excluding tert-OH is 2. The van der Waals surface area contributed by atoms with Crippen molar-refractivity contribution in [2.45, 2.75) is 19.3 Å². The van der Waals surface area contributed by atoms with Crippen molar-refractivity contribution in [2.24, 2.45) is 0 Å². The van der Waals surface area contributed by atoms with Gasteiger partial charge in [-0.2, -0.15) is 0 Å². The van der Waals surface area contributed by atoms with Gasteiger partial charge in [0.1, 0.15) is 0 Å². The highest BCUT2D eigenvalue weighted by Crippen LogP contribution is 2.23. The lowest BCUT2D eigenvalue weighted by molar-refractivity contribution is 0.399. The molecule has 0 aliphatic heterocycles. The second kappa shape index (κ2) is 8.46. The van der Waals surface area contributed by atoms with E-state index >= 15 is 0 Å². The van der Waals surface area contributed by atoms with Gasteiger partial charge in [-0.3, -0.25) is 0 Å². The van der Waals surface area contributed by atoms with Crippen LogP contribution in [-0.4, -0.2) is 24.4 Å². The van der Waals surface area contributed by atoms with E-state index in [4.69, 9.17) is 10.2 Å². The highest BCUT2D eigenvalue weighted by atomic mass is 16.2. The Labute approximate surface area is 115 Å². The molecule has 1 aliphatic carbocycles. The summed E-state index contributed by atoms with van der Waals surface area (Å²) < 4.78 is 0. The zero-order valence-corrected chi connectivity index (χ0v) is 11.6. The van der Waals surface area contributed by atoms with Crippen molar-refractivity contribution in [3.8, 4) is 0 Å². The minimum absolute atomic E-state index is 1.00. The maximum atomic E-state index is 7.00. The van der Waals surface area contributed by atoms with Crippen LogP contribution in [0.25, 0.3) is 0 Å². The number of benzene rings is 2. The van der Waals surface area contributed by atoms with Crippen LogP contribution in [0.2, 0.25) is 0 Å². The Morgan fingerprint density at radius 2 is 0.895 bits per heavy atom. The lowest BCUT2D eigenvalue weighted by Crippen LogP contribution is -1.90. The molecule has 2 nitrogen and oxygen atoms in total. The third-order valence-corrected chi connectivity index (χ3v) is 3.28. The van der Waals surface area contributed by atoms with Gasteiger partial charge in [-0.25, -0.2) is 0 Å². The highest BCUT2D eigenvalue weighted by molar-refractivity contribution is 5.40. The van der Waals surface area contributed by atoms with Gasteiger partial charge in [0, 0.05) is 14.2 Å². The van der Waals surface area contributed by atoms with Gasteiger partial charge in [0.05, 0.1) is 0 Å². The van der Waals surface area contributed by atoms with Crippen LogP contribution < -0.4 is 0 Å². The monoisotopic (exact) mass is 258 g/mol. The van der Waals surface area contributed by atoms with E-state index in [2.05, 4.69) is 48.5 Å². The fourth-order valence-electron chi connectivity index (χ4n) is 2.42. The fourth-order valence-corrected chi connectivity index (χ4v) is 2.42. The predicted octanol–water partition coefficient (Wildman–Crippen LogP) is 2.59. The zero-order chi connectivity index (χ0) is 14.1. The standard InChI is InChI=1S/C15H14.2CH4O/c1-3-7-14-11-15-8-4-2-6-13(15)10-9-12(14)5-1;2*1-2/h1-8H,9-11H2;2*2H,1H3. The van der Waals surface area contributed by atoms with Crippen molar-refractivity contribution >= 4 is 0 Å². The average molecular weight is 258 g/mol. The van der Waals surface area contributed by atoms with E-state index in [-0.39, 0.29) is 0 Å². The van der Waals surface area contributed by atoms with Crippen molar-refractivity contribution < 1.29 is 10.2 Å². The zero-order valence-electron chi connectivity index (χ0n) is 11.6. The van der Waals surface area contributed by atoms with Gasteiger partial charge in [-0.15, -0.1) is 0 Å². The molecule has 1 aliphatic rings. The largest absolute Gasteiger partial charge is 0.400 e. The summed E-state index contributed by atoms with van der Waals surface area (Å²) in [7, 11) is 2.00. The Balaban J connectivity index is 0.000000415. The van der Waals surface area contributed by atoms with Crippen molar-refractivity contribution in [3.05, 3.63) is 70.8 Å². The lowest BCUT2D eigenvalue weighted by atomic mass is 10.0. The van der Waals surface area contributed by atoms with E-state index in [0.29, 0.717) is 0 Å². The van der Waals surface area contributed by atoms with E-state index in [1.54, 1.807) is 0 Å². The molecule has 0 fully saturated rings. The topological polar surface area (TPSA) is 40.5 Å². The van der Waals surface area contributed by atoms with Crippen LogP contribution in [0, 0.1) is 0 Å². The Morgan fingerprint density at radius 3 is 1.26 bits per heavy atom. The molecule has 0 unspecified atom stereocenters. The lowest BCUT2D eigenvalue weighted by Gasteiger charge is -2.04. The Kier molecular flexibility index (Phi) is 6.86. The van der Waals surface area contributed by atoms with Crippen LogP contribution in [0.15, 0.2) is 48.5 Å². The molecule has 0 radical (unpaired) electrons. The third kappa shape index (κ3) is 3.91. The van der Waals surface area contributed by atoms with Crippen LogP contribution in [0.1, 0.15) is 22.3 Å². The Morgan fingerprint density at radius 1 is 0.579 bits per heavy atom. The van der Waals surface area contributed by atoms with E-state index < -0.39 is 0 Å². The molecule has 2 aromatic carbocycles. The number of aryl methyl sites for hydroxylation is 2. The molecule has 2 aromatic rings. The Hall–Kier alpha value is -1.64. The molecule has 3 rings (SSSR count). The summed E-state index contributed by atoms with van der Waals surface area (Å²) in [5, 5.41) is 14.0. The van der Waals surface area contributed by atoms with E-state index in [0.717, 1.165) is 20.6 Å². The first kappa shape index (κ1) is 15.4. The molecule has 2 N–H and O–H groups in total. The normalized spacial score (nSPS) is 11.6. The number of hydrogen-bond donors (Lipinski definition) is 2. The summed E-state index contributed by atoms with van der Waals surface area (Å²) in [6.45, 7) is 0. The predicted molar refractivity (Wildman–Crippen MR) is 79.4 cm³/mol. The van der Waals surface area contributed by atoms with Crippen LogP contribution in [-0.2, 0) is 19.3 Å². The van der Waals surface area contributed by atoms with Crippen molar-refractivity contribution in [3.63, 3.8) is 0 Å². The number of aliphatic hydroxyl groups is 2. The number of hydrogen-bond acceptors (Lipinski definition) is 2. The van der Waals surface area contributed by atoms with Gasteiger partial charge < -0.3 is 10.2 Å². The van der Waals surface area contributed by atoms with Crippen LogP contribution >= 0.6 is 0 Å². The third-order valence-electron chi connectivity index (χ3n) is 3.28. The first-order valence-corrected chi connectivity index (χ1v) is 6.46. The van der Waals surface area contributed by atoms with Crippen LogP contribution in [0.3, 0.4) is 0 Å². The quantitative estimate of drug-likeness (QED) is 0.762. The molecule has 19 heavy (non-hydrogen) atoms. The fraction of sp³-hybridized carbons (Fsp3) is 0.294. The smallest absolute Gasteiger partial charge is 0.0319 e. The SMILES string of the molecule is CO.CO.c1ccc2c(c1)CCc1ccccc1C2. The number of rotatable bonds is 0. The number of fused-ring (bicyclic) bond motifs is 2. The minimum atomic E-state index is 1.00. The molecule has 0 heterocycles. The maximum Gasteiger partial charge on any atom is 0.0319 e. The average Bonchev–Trinajstić information content (AvgIpc) is 2.70. The molecule has 2 heteroatoms. The van der Waals surface area contributed by atoms with Crippen LogP contribution in [0.5, 0.6) is 0 Å². The van der Waals surface area contributed by atoms with Crippen molar-refractivity contribution in [1.82, 2.24) is 0 Å². The van der Waals surface area contributed by atoms with Crippen molar-refractivity contribution in [1.29, 1.82) is 0 Å². The van der Waals surface area contributed by atoms with Gasteiger partial charge in [0.25, 0.3) is 0 Å². The molecule has 102 valence electrons. The van der Waals surface area contributed by atoms with Gasteiger partial charge in [0.2, 0.25) is 0 Å². The Bertz CT molecular complexity index is 447. The maximum absolute atomic E-state index is 7.00. The van der Waals surface area contributed by atoms with E-state index in [1.807, 2.05) is 0 Å². The molecule has 0 bridgehead atoms. The van der Waals surface area contributed by atoms with Gasteiger partial charge in [-0.05, 0) is 41.5 Å². The first-order valence-electron chi connectivity index (χ1n) is 6.46. The molecule has 0 spiro atoms. The molecule has 0 saturated carbocycles. The molecule has 0 aromatic heterocycles. The second-order valence-corrected chi connectivity index (χ2v) is 4.21. The molecule has 0 atom stereocenters. The summed E-state index contributed by atoms with van der Waals surface area (Å²) >= 11 is 0. The van der Waals surface area contributed by atoms with E-state index in [9.17, 15) is 0 Å². The summed E-state index contributed by atoms with van der Waals surface area (Å²) in [5.74, 6) is 0. The first-order chi connectivity index (χ1) is 9.43.